The zero-order chi connectivity index (χ0) is 11.3. The van der Waals surface area contributed by atoms with Gasteiger partial charge < -0.3 is 10.2 Å². The maximum Gasteiger partial charge on any atom is 0.141 e. The van der Waals surface area contributed by atoms with Gasteiger partial charge in [-0.15, -0.1) is 6.42 Å². The summed E-state index contributed by atoms with van der Waals surface area (Å²) < 4.78 is 13.0. The SMILES string of the molecule is C#CCN(C)c1ncc(F)cc1CNC. The van der Waals surface area contributed by atoms with Crippen LogP contribution in [-0.2, 0) is 6.54 Å². The van der Waals surface area contributed by atoms with Gasteiger partial charge in [-0.1, -0.05) is 5.92 Å². The Labute approximate surface area is 89.3 Å². The molecule has 0 saturated heterocycles. The molecule has 0 aliphatic rings. The van der Waals surface area contributed by atoms with Crippen LogP contribution >= 0.6 is 0 Å². The second-order valence-corrected chi connectivity index (χ2v) is 3.23. The second-order valence-electron chi connectivity index (χ2n) is 3.23. The second kappa shape index (κ2) is 5.32. The molecule has 0 aliphatic carbocycles. The fraction of sp³-hybridized carbons (Fsp3) is 0.364. The van der Waals surface area contributed by atoms with Gasteiger partial charge >= 0.3 is 0 Å². The number of nitrogens with one attached hydrogen (secondary N) is 1. The van der Waals surface area contributed by atoms with Crippen molar-refractivity contribution in [3.63, 3.8) is 0 Å². The number of hydrogen-bond donors (Lipinski definition) is 1. The Balaban J connectivity index is 3.00. The summed E-state index contributed by atoms with van der Waals surface area (Å²) in [4.78, 5) is 5.84. The van der Waals surface area contributed by atoms with E-state index in [1.54, 1.807) is 7.05 Å². The van der Waals surface area contributed by atoms with Gasteiger partial charge in [0, 0.05) is 19.2 Å². The van der Waals surface area contributed by atoms with Gasteiger partial charge in [-0.05, 0) is 13.1 Å². The van der Waals surface area contributed by atoms with Gasteiger partial charge in [0.15, 0.2) is 0 Å². The molecule has 4 heteroatoms. The van der Waals surface area contributed by atoms with Gasteiger partial charge in [0.1, 0.15) is 11.6 Å². The van der Waals surface area contributed by atoms with Crippen LogP contribution in [0.5, 0.6) is 0 Å². The Hall–Kier alpha value is -1.60. The Morgan fingerprint density at radius 2 is 2.40 bits per heavy atom. The molecular formula is C11H14FN3. The summed E-state index contributed by atoms with van der Waals surface area (Å²) >= 11 is 0. The quantitative estimate of drug-likeness (QED) is 0.747. The lowest BCUT2D eigenvalue weighted by molar-refractivity contribution is 0.616. The Morgan fingerprint density at radius 1 is 1.67 bits per heavy atom. The highest BCUT2D eigenvalue weighted by Gasteiger charge is 2.08. The zero-order valence-electron chi connectivity index (χ0n) is 8.92. The van der Waals surface area contributed by atoms with Gasteiger partial charge in [0.2, 0.25) is 0 Å². The van der Waals surface area contributed by atoms with E-state index in [1.165, 1.54) is 12.3 Å². The molecule has 80 valence electrons. The molecule has 1 aromatic rings. The Morgan fingerprint density at radius 3 is 3.00 bits per heavy atom. The maximum atomic E-state index is 13.0. The van der Waals surface area contributed by atoms with Crippen molar-refractivity contribution in [2.24, 2.45) is 0 Å². The maximum absolute atomic E-state index is 13.0. The van der Waals surface area contributed by atoms with E-state index in [0.29, 0.717) is 18.9 Å². The van der Waals surface area contributed by atoms with Gasteiger partial charge in [-0.25, -0.2) is 9.37 Å². The molecule has 1 heterocycles. The number of hydrogen-bond acceptors (Lipinski definition) is 3. The monoisotopic (exact) mass is 207 g/mol. The number of pyridine rings is 1. The van der Waals surface area contributed by atoms with Crippen molar-refractivity contribution < 1.29 is 4.39 Å². The molecular weight excluding hydrogens is 193 g/mol. The molecule has 0 aromatic carbocycles. The minimum Gasteiger partial charge on any atom is -0.348 e. The molecule has 0 radical (unpaired) electrons. The van der Waals surface area contributed by atoms with E-state index >= 15 is 0 Å². The smallest absolute Gasteiger partial charge is 0.141 e. The molecule has 1 N–H and O–H groups in total. The highest BCUT2D eigenvalue weighted by atomic mass is 19.1. The van der Waals surface area contributed by atoms with Crippen molar-refractivity contribution in [2.45, 2.75) is 6.54 Å². The van der Waals surface area contributed by atoms with E-state index in [2.05, 4.69) is 16.2 Å². The third-order valence-electron chi connectivity index (χ3n) is 1.97. The van der Waals surface area contributed by atoms with Crippen molar-refractivity contribution in [3.05, 3.63) is 23.6 Å². The van der Waals surface area contributed by atoms with E-state index in [9.17, 15) is 4.39 Å². The van der Waals surface area contributed by atoms with Crippen LogP contribution in [0.1, 0.15) is 5.56 Å². The first-order valence-electron chi connectivity index (χ1n) is 4.62. The third kappa shape index (κ3) is 2.93. The summed E-state index contributed by atoms with van der Waals surface area (Å²) in [6, 6.07) is 1.46. The van der Waals surface area contributed by atoms with Gasteiger partial charge in [-0.2, -0.15) is 0 Å². The number of anilines is 1. The van der Waals surface area contributed by atoms with Gasteiger partial charge in [0.05, 0.1) is 12.7 Å². The molecule has 0 spiro atoms. The molecule has 0 amide bonds. The van der Waals surface area contributed by atoms with Crippen LogP contribution in [0, 0.1) is 18.2 Å². The molecule has 0 aliphatic heterocycles. The van der Waals surface area contributed by atoms with Crippen LogP contribution in [0.15, 0.2) is 12.3 Å². The van der Waals surface area contributed by atoms with Gasteiger partial charge in [-0.3, -0.25) is 0 Å². The molecule has 0 fully saturated rings. The molecule has 1 aromatic heterocycles. The van der Waals surface area contributed by atoms with E-state index in [4.69, 9.17) is 6.42 Å². The predicted molar refractivity (Wildman–Crippen MR) is 59.1 cm³/mol. The van der Waals surface area contributed by atoms with Crippen LogP contribution in [-0.4, -0.2) is 25.6 Å². The summed E-state index contributed by atoms with van der Waals surface area (Å²) in [6.07, 6.45) is 6.41. The molecule has 0 unspecified atom stereocenters. The summed E-state index contributed by atoms with van der Waals surface area (Å²) in [5.41, 5.74) is 0.801. The number of aromatic nitrogens is 1. The van der Waals surface area contributed by atoms with Crippen LogP contribution < -0.4 is 10.2 Å². The van der Waals surface area contributed by atoms with E-state index in [-0.39, 0.29) is 5.82 Å². The van der Waals surface area contributed by atoms with E-state index < -0.39 is 0 Å². The first-order valence-corrected chi connectivity index (χ1v) is 4.62. The van der Waals surface area contributed by atoms with Crippen molar-refractivity contribution in [1.29, 1.82) is 0 Å². The van der Waals surface area contributed by atoms with Crippen LogP contribution in [0.4, 0.5) is 10.2 Å². The molecule has 0 atom stereocenters. The summed E-state index contributed by atoms with van der Waals surface area (Å²) in [5.74, 6) is 2.90. The summed E-state index contributed by atoms with van der Waals surface area (Å²) in [6.45, 7) is 1.02. The summed E-state index contributed by atoms with van der Waals surface area (Å²) in [5, 5.41) is 2.96. The number of rotatable bonds is 4. The topological polar surface area (TPSA) is 28.2 Å². The average molecular weight is 207 g/mol. The fourth-order valence-electron chi connectivity index (χ4n) is 1.35. The molecule has 15 heavy (non-hydrogen) atoms. The Kier molecular flexibility index (Phi) is 4.07. The number of halogens is 1. The molecule has 0 bridgehead atoms. The van der Waals surface area contributed by atoms with Crippen molar-refractivity contribution >= 4 is 5.82 Å². The van der Waals surface area contributed by atoms with Crippen molar-refractivity contribution in [1.82, 2.24) is 10.3 Å². The number of nitrogens with zero attached hydrogens (tertiary/aromatic N) is 2. The van der Waals surface area contributed by atoms with Gasteiger partial charge in [0.25, 0.3) is 0 Å². The van der Waals surface area contributed by atoms with Crippen molar-refractivity contribution in [3.8, 4) is 12.3 Å². The minimum absolute atomic E-state index is 0.335. The first kappa shape index (κ1) is 11.5. The van der Waals surface area contributed by atoms with Crippen LogP contribution in [0.25, 0.3) is 0 Å². The third-order valence-corrected chi connectivity index (χ3v) is 1.97. The minimum atomic E-state index is -0.335. The lowest BCUT2D eigenvalue weighted by atomic mass is 10.2. The van der Waals surface area contributed by atoms with Crippen molar-refractivity contribution in [2.75, 3.05) is 25.5 Å². The van der Waals surface area contributed by atoms with Crippen LogP contribution in [0.3, 0.4) is 0 Å². The van der Waals surface area contributed by atoms with Crippen LogP contribution in [0.2, 0.25) is 0 Å². The molecule has 3 nitrogen and oxygen atoms in total. The predicted octanol–water partition coefficient (Wildman–Crippen LogP) is 1.01. The lowest BCUT2D eigenvalue weighted by Gasteiger charge is -2.18. The summed E-state index contributed by atoms with van der Waals surface area (Å²) in [7, 11) is 3.63. The largest absolute Gasteiger partial charge is 0.348 e. The highest BCUT2D eigenvalue weighted by molar-refractivity contribution is 5.47. The highest BCUT2D eigenvalue weighted by Crippen LogP contribution is 2.16. The molecule has 1 rings (SSSR count). The average Bonchev–Trinajstić information content (AvgIpc) is 2.18. The standard InChI is InChI=1S/C11H14FN3/c1-4-5-15(3)11-9(7-13-2)6-10(12)8-14-11/h1,6,8,13H,5,7H2,2-3H3. The first-order chi connectivity index (χ1) is 7.19. The zero-order valence-corrected chi connectivity index (χ0v) is 8.92. The number of terminal acetylenes is 1. The Bertz CT molecular complexity index is 371. The fourth-order valence-corrected chi connectivity index (χ4v) is 1.35. The van der Waals surface area contributed by atoms with E-state index in [0.717, 1.165) is 5.56 Å². The lowest BCUT2D eigenvalue weighted by Crippen LogP contribution is -2.21. The van der Waals surface area contributed by atoms with E-state index in [1.807, 2.05) is 11.9 Å². The normalized spacial score (nSPS) is 9.73. The molecule has 0 saturated carbocycles.